The van der Waals surface area contributed by atoms with Crippen molar-refractivity contribution in [2.75, 3.05) is 12.9 Å². The number of rotatable bonds is 6. The summed E-state index contributed by atoms with van der Waals surface area (Å²) in [4.78, 5) is 11.7. The Morgan fingerprint density at radius 1 is 1.41 bits per heavy atom. The summed E-state index contributed by atoms with van der Waals surface area (Å²) in [7, 11) is 1.50. The van der Waals surface area contributed by atoms with Crippen molar-refractivity contribution in [2.45, 2.75) is 13.3 Å². The third-order valence-electron chi connectivity index (χ3n) is 2.01. The molecule has 0 spiro atoms. The fraction of sp³-hybridized carbons (Fsp3) is 0.308. The topological polar surface area (TPSA) is 38.3 Å². The van der Waals surface area contributed by atoms with Gasteiger partial charge in [-0.2, -0.15) is 0 Å². The first-order valence-electron chi connectivity index (χ1n) is 5.50. The molecular formula is C13H17NO2S. The van der Waals surface area contributed by atoms with Crippen molar-refractivity contribution in [3.8, 4) is 0 Å². The summed E-state index contributed by atoms with van der Waals surface area (Å²) in [5.74, 6) is 1.02. The standard InChI is InChI=1S/C13H17NO2S/c1-3-9-17-14-13(15)12(16-2)10-11-7-5-4-6-8-11/h4-8,10H,3,9H2,1-2H3,(H,14,15)/b12-10-. The van der Waals surface area contributed by atoms with Crippen LogP contribution in [0.15, 0.2) is 36.1 Å². The highest BCUT2D eigenvalue weighted by Crippen LogP contribution is 2.08. The molecule has 0 bridgehead atoms. The van der Waals surface area contributed by atoms with Gasteiger partial charge in [-0.15, -0.1) is 0 Å². The summed E-state index contributed by atoms with van der Waals surface area (Å²) in [5.41, 5.74) is 0.944. The van der Waals surface area contributed by atoms with Gasteiger partial charge in [0, 0.05) is 5.75 Å². The summed E-state index contributed by atoms with van der Waals surface area (Å²) < 4.78 is 7.82. The van der Waals surface area contributed by atoms with Gasteiger partial charge < -0.3 is 4.74 Å². The van der Waals surface area contributed by atoms with Crippen LogP contribution in [-0.4, -0.2) is 18.8 Å². The first-order valence-corrected chi connectivity index (χ1v) is 6.49. The summed E-state index contributed by atoms with van der Waals surface area (Å²) >= 11 is 1.40. The van der Waals surface area contributed by atoms with E-state index in [4.69, 9.17) is 4.74 Å². The number of carbonyl (C=O) groups is 1. The minimum absolute atomic E-state index is 0.199. The molecule has 0 radical (unpaired) electrons. The minimum Gasteiger partial charge on any atom is -0.491 e. The number of hydrogen-bond donors (Lipinski definition) is 1. The fourth-order valence-electron chi connectivity index (χ4n) is 1.19. The maximum atomic E-state index is 11.7. The lowest BCUT2D eigenvalue weighted by atomic mass is 10.2. The SMILES string of the molecule is CCCSNC(=O)/C(=C/c1ccccc1)OC. The van der Waals surface area contributed by atoms with Crippen LogP contribution in [0.25, 0.3) is 6.08 Å². The Labute approximate surface area is 106 Å². The molecule has 0 heterocycles. The molecule has 0 aliphatic carbocycles. The van der Waals surface area contributed by atoms with E-state index in [1.807, 2.05) is 30.3 Å². The monoisotopic (exact) mass is 251 g/mol. The molecule has 0 unspecified atom stereocenters. The Hall–Kier alpha value is -1.42. The highest BCUT2D eigenvalue weighted by Gasteiger charge is 2.08. The molecule has 4 heteroatoms. The molecule has 3 nitrogen and oxygen atoms in total. The first kappa shape index (κ1) is 13.6. The van der Waals surface area contributed by atoms with Crippen LogP contribution in [0.2, 0.25) is 0 Å². The van der Waals surface area contributed by atoms with Gasteiger partial charge in [-0.25, -0.2) is 0 Å². The molecule has 1 aromatic rings. The van der Waals surface area contributed by atoms with Crippen LogP contribution in [0.3, 0.4) is 0 Å². The molecule has 0 fully saturated rings. The second kappa shape index (κ2) is 7.79. The Morgan fingerprint density at radius 2 is 2.12 bits per heavy atom. The lowest BCUT2D eigenvalue weighted by Gasteiger charge is -2.06. The Balaban J connectivity index is 2.64. The second-order valence-electron chi connectivity index (χ2n) is 3.40. The molecule has 0 aliphatic heterocycles. The summed E-state index contributed by atoms with van der Waals surface area (Å²) in [6, 6.07) is 9.61. The number of benzene rings is 1. The molecule has 17 heavy (non-hydrogen) atoms. The number of hydrogen-bond acceptors (Lipinski definition) is 3. The Morgan fingerprint density at radius 3 is 2.71 bits per heavy atom. The van der Waals surface area contributed by atoms with E-state index in [1.165, 1.54) is 19.1 Å². The molecule has 1 aromatic carbocycles. The van der Waals surface area contributed by atoms with Crippen LogP contribution in [0.4, 0.5) is 0 Å². The van der Waals surface area contributed by atoms with Crippen molar-refractivity contribution < 1.29 is 9.53 Å². The molecule has 0 atom stereocenters. The zero-order valence-corrected chi connectivity index (χ0v) is 10.9. The van der Waals surface area contributed by atoms with Crippen LogP contribution >= 0.6 is 11.9 Å². The molecule has 0 aliphatic rings. The normalized spacial score (nSPS) is 11.1. The lowest BCUT2D eigenvalue weighted by Crippen LogP contribution is -2.19. The quantitative estimate of drug-likeness (QED) is 0.366. The van der Waals surface area contributed by atoms with E-state index < -0.39 is 0 Å². The van der Waals surface area contributed by atoms with Gasteiger partial charge >= 0.3 is 0 Å². The van der Waals surface area contributed by atoms with E-state index in [2.05, 4.69) is 11.6 Å². The third kappa shape index (κ3) is 4.95. The highest BCUT2D eigenvalue weighted by molar-refractivity contribution is 7.97. The smallest absolute Gasteiger partial charge is 0.296 e. The molecule has 0 saturated heterocycles. The van der Waals surface area contributed by atoms with Crippen molar-refractivity contribution in [3.63, 3.8) is 0 Å². The lowest BCUT2D eigenvalue weighted by molar-refractivity contribution is -0.118. The van der Waals surface area contributed by atoms with Crippen LogP contribution in [0.1, 0.15) is 18.9 Å². The molecule has 1 N–H and O–H groups in total. The summed E-state index contributed by atoms with van der Waals surface area (Å²) in [6.07, 6.45) is 2.75. The zero-order chi connectivity index (χ0) is 12.5. The van der Waals surface area contributed by atoms with Crippen LogP contribution in [-0.2, 0) is 9.53 Å². The largest absolute Gasteiger partial charge is 0.491 e. The van der Waals surface area contributed by atoms with Gasteiger partial charge in [-0.3, -0.25) is 9.52 Å². The van der Waals surface area contributed by atoms with Crippen LogP contribution < -0.4 is 4.72 Å². The first-order chi connectivity index (χ1) is 8.27. The molecule has 0 aromatic heterocycles. The maximum Gasteiger partial charge on any atom is 0.296 e. The van der Waals surface area contributed by atoms with E-state index in [0.717, 1.165) is 17.7 Å². The van der Waals surface area contributed by atoms with E-state index in [9.17, 15) is 4.79 Å². The minimum atomic E-state index is -0.199. The van der Waals surface area contributed by atoms with E-state index in [0.29, 0.717) is 5.76 Å². The molecule has 1 amide bonds. The van der Waals surface area contributed by atoms with Crippen molar-refractivity contribution in [1.29, 1.82) is 0 Å². The van der Waals surface area contributed by atoms with Gasteiger partial charge in [-0.1, -0.05) is 49.2 Å². The predicted octanol–water partition coefficient (Wildman–Crippen LogP) is 2.85. The van der Waals surface area contributed by atoms with Crippen molar-refractivity contribution in [3.05, 3.63) is 41.7 Å². The maximum absolute atomic E-state index is 11.7. The third-order valence-corrected chi connectivity index (χ3v) is 2.95. The summed E-state index contributed by atoms with van der Waals surface area (Å²) in [5, 5.41) is 0. The fourth-order valence-corrected chi connectivity index (χ4v) is 1.72. The zero-order valence-electron chi connectivity index (χ0n) is 10.1. The molecule has 92 valence electrons. The number of amides is 1. The average Bonchev–Trinajstić information content (AvgIpc) is 2.37. The highest BCUT2D eigenvalue weighted by atomic mass is 32.2. The molecule has 1 rings (SSSR count). The van der Waals surface area contributed by atoms with Crippen molar-refractivity contribution in [2.24, 2.45) is 0 Å². The van der Waals surface area contributed by atoms with Crippen molar-refractivity contribution in [1.82, 2.24) is 4.72 Å². The van der Waals surface area contributed by atoms with Gasteiger partial charge in [0.15, 0.2) is 5.76 Å². The van der Waals surface area contributed by atoms with E-state index in [1.54, 1.807) is 6.08 Å². The summed E-state index contributed by atoms with van der Waals surface area (Å²) in [6.45, 7) is 2.07. The average molecular weight is 251 g/mol. The number of ether oxygens (including phenoxy) is 1. The van der Waals surface area contributed by atoms with Gasteiger partial charge in [0.25, 0.3) is 5.91 Å². The second-order valence-corrected chi connectivity index (χ2v) is 4.30. The number of methoxy groups -OCH3 is 1. The number of nitrogens with one attached hydrogen (secondary N) is 1. The van der Waals surface area contributed by atoms with E-state index in [-0.39, 0.29) is 5.91 Å². The van der Waals surface area contributed by atoms with Crippen LogP contribution in [0, 0.1) is 0 Å². The Kier molecular flexibility index (Phi) is 6.25. The van der Waals surface area contributed by atoms with Gasteiger partial charge in [0.05, 0.1) is 7.11 Å². The van der Waals surface area contributed by atoms with E-state index >= 15 is 0 Å². The van der Waals surface area contributed by atoms with Crippen LogP contribution in [0.5, 0.6) is 0 Å². The molecule has 0 saturated carbocycles. The van der Waals surface area contributed by atoms with Gasteiger partial charge in [-0.05, 0) is 18.1 Å². The van der Waals surface area contributed by atoms with Gasteiger partial charge in [0.1, 0.15) is 0 Å². The van der Waals surface area contributed by atoms with Crippen molar-refractivity contribution >= 4 is 23.9 Å². The Bertz CT molecular complexity index is 376. The number of carbonyl (C=O) groups excluding carboxylic acids is 1. The van der Waals surface area contributed by atoms with Gasteiger partial charge in [0.2, 0.25) is 0 Å². The predicted molar refractivity (Wildman–Crippen MR) is 72.3 cm³/mol. The molecular weight excluding hydrogens is 234 g/mol.